The molecule has 3 N–H and O–H groups in total. The number of rotatable bonds is 4. The first-order chi connectivity index (χ1) is 8.63. The molecule has 1 aromatic heterocycles. The lowest BCUT2D eigenvalue weighted by Crippen LogP contribution is -2.31. The third kappa shape index (κ3) is 2.85. The molecule has 2 rings (SSSR count). The number of nitrogens with two attached hydrogens (primary N) is 1. The highest BCUT2D eigenvalue weighted by molar-refractivity contribution is 7.98. The van der Waals surface area contributed by atoms with Gasteiger partial charge in [0.2, 0.25) is 0 Å². The van der Waals surface area contributed by atoms with Gasteiger partial charge in [0.1, 0.15) is 11.6 Å². The van der Waals surface area contributed by atoms with E-state index >= 15 is 0 Å². The summed E-state index contributed by atoms with van der Waals surface area (Å²) in [5.41, 5.74) is 2.60. The topological polar surface area (TPSA) is 70.3 Å². The molecule has 1 saturated heterocycles. The normalized spacial score (nSPS) is 19.6. The predicted octanol–water partition coefficient (Wildman–Crippen LogP) is 0.624. The van der Waals surface area contributed by atoms with E-state index in [2.05, 4.69) is 39.3 Å². The summed E-state index contributed by atoms with van der Waals surface area (Å²) in [4.78, 5) is 13.4. The molecule has 1 unspecified atom stereocenters. The van der Waals surface area contributed by atoms with Gasteiger partial charge in [-0.05, 0) is 26.8 Å². The maximum Gasteiger partial charge on any atom is 0.191 e. The zero-order valence-corrected chi connectivity index (χ0v) is 11.9. The van der Waals surface area contributed by atoms with Crippen LogP contribution in [0.3, 0.4) is 0 Å². The van der Waals surface area contributed by atoms with Crippen molar-refractivity contribution in [2.75, 3.05) is 43.8 Å². The van der Waals surface area contributed by atoms with Gasteiger partial charge >= 0.3 is 0 Å². The number of nitrogens with one attached hydrogen (secondary N) is 1. The largest absolute Gasteiger partial charge is 0.355 e. The van der Waals surface area contributed by atoms with Crippen molar-refractivity contribution < 1.29 is 0 Å². The standard InChI is InChI=1S/C11H20N6S/c1-16(2)8-4-5-17(7-8)10-6-9(15-12)13-11(14-10)18-3/h6,8H,4-5,7,12H2,1-3H3,(H,13,14,15). The summed E-state index contributed by atoms with van der Waals surface area (Å²) in [6.45, 7) is 2.03. The fourth-order valence-corrected chi connectivity index (χ4v) is 2.49. The summed E-state index contributed by atoms with van der Waals surface area (Å²) in [5, 5.41) is 0.744. The lowest BCUT2D eigenvalue weighted by Gasteiger charge is -2.21. The van der Waals surface area contributed by atoms with Crippen LogP contribution in [0.1, 0.15) is 6.42 Å². The summed E-state index contributed by atoms with van der Waals surface area (Å²) in [6.07, 6.45) is 3.13. The Kier molecular flexibility index (Phi) is 4.26. The van der Waals surface area contributed by atoms with Crippen LogP contribution in [0.5, 0.6) is 0 Å². The van der Waals surface area contributed by atoms with E-state index in [1.54, 1.807) is 0 Å². The molecule has 1 aromatic rings. The van der Waals surface area contributed by atoms with E-state index in [1.807, 2.05) is 12.3 Å². The summed E-state index contributed by atoms with van der Waals surface area (Å²) in [5.74, 6) is 7.06. The molecule has 18 heavy (non-hydrogen) atoms. The Morgan fingerprint density at radius 2 is 2.28 bits per heavy atom. The van der Waals surface area contributed by atoms with Crippen molar-refractivity contribution in [1.82, 2.24) is 14.9 Å². The Hall–Kier alpha value is -1.05. The average molecular weight is 268 g/mol. The second-order valence-electron chi connectivity index (χ2n) is 4.59. The molecule has 1 atom stereocenters. The smallest absolute Gasteiger partial charge is 0.191 e. The molecule has 100 valence electrons. The number of thioether (sulfide) groups is 1. The highest BCUT2D eigenvalue weighted by Crippen LogP contribution is 2.24. The molecule has 0 aliphatic carbocycles. The fraction of sp³-hybridized carbons (Fsp3) is 0.636. The molecular weight excluding hydrogens is 248 g/mol. The first-order valence-corrected chi connectivity index (χ1v) is 7.17. The molecule has 0 amide bonds. The minimum absolute atomic E-state index is 0.590. The average Bonchev–Trinajstić information content (AvgIpc) is 2.87. The van der Waals surface area contributed by atoms with Crippen LogP contribution in [0.25, 0.3) is 0 Å². The van der Waals surface area contributed by atoms with E-state index in [0.717, 1.165) is 30.5 Å². The van der Waals surface area contributed by atoms with E-state index in [1.165, 1.54) is 11.8 Å². The van der Waals surface area contributed by atoms with Crippen molar-refractivity contribution in [3.63, 3.8) is 0 Å². The zero-order chi connectivity index (χ0) is 13.1. The van der Waals surface area contributed by atoms with Crippen LogP contribution < -0.4 is 16.2 Å². The van der Waals surface area contributed by atoms with E-state index in [9.17, 15) is 0 Å². The highest BCUT2D eigenvalue weighted by atomic mass is 32.2. The Labute approximate surface area is 112 Å². The molecular formula is C11H20N6S. The summed E-state index contributed by atoms with van der Waals surface area (Å²) in [6, 6.07) is 2.49. The van der Waals surface area contributed by atoms with Gasteiger partial charge in [0.25, 0.3) is 0 Å². The first-order valence-electron chi connectivity index (χ1n) is 5.95. The summed E-state index contributed by atoms with van der Waals surface area (Å²) >= 11 is 1.52. The van der Waals surface area contributed by atoms with Gasteiger partial charge < -0.3 is 15.2 Å². The van der Waals surface area contributed by atoms with Crippen LogP contribution in [0.2, 0.25) is 0 Å². The molecule has 1 aliphatic rings. The van der Waals surface area contributed by atoms with Gasteiger partial charge in [0.15, 0.2) is 5.16 Å². The van der Waals surface area contributed by atoms with Crippen LogP contribution in [-0.4, -0.2) is 54.4 Å². The second-order valence-corrected chi connectivity index (χ2v) is 5.37. The number of hydrogen-bond donors (Lipinski definition) is 2. The molecule has 0 bridgehead atoms. The Bertz CT molecular complexity index is 388. The van der Waals surface area contributed by atoms with Crippen molar-refractivity contribution >= 4 is 23.4 Å². The third-order valence-electron chi connectivity index (χ3n) is 3.24. The van der Waals surface area contributed by atoms with Gasteiger partial charge in [-0.1, -0.05) is 11.8 Å². The monoisotopic (exact) mass is 268 g/mol. The SMILES string of the molecule is CSc1nc(NN)cc(N2CCC(N(C)C)C2)n1. The highest BCUT2D eigenvalue weighted by Gasteiger charge is 2.25. The molecule has 7 heteroatoms. The summed E-state index contributed by atoms with van der Waals surface area (Å²) in [7, 11) is 4.24. The first kappa shape index (κ1) is 13.4. The van der Waals surface area contributed by atoms with Crippen LogP contribution in [0, 0.1) is 0 Å². The van der Waals surface area contributed by atoms with E-state index in [0.29, 0.717) is 11.9 Å². The van der Waals surface area contributed by atoms with Gasteiger partial charge in [-0.3, -0.25) is 0 Å². The van der Waals surface area contributed by atoms with Crippen molar-refractivity contribution in [3.05, 3.63) is 6.07 Å². The molecule has 0 radical (unpaired) electrons. The number of aromatic nitrogens is 2. The molecule has 0 aromatic carbocycles. The van der Waals surface area contributed by atoms with Crippen LogP contribution >= 0.6 is 11.8 Å². The van der Waals surface area contributed by atoms with Gasteiger partial charge in [0, 0.05) is 25.2 Å². The minimum Gasteiger partial charge on any atom is -0.355 e. The van der Waals surface area contributed by atoms with E-state index in [4.69, 9.17) is 5.84 Å². The predicted molar refractivity (Wildman–Crippen MR) is 75.9 cm³/mol. The number of anilines is 2. The number of hydrazine groups is 1. The van der Waals surface area contributed by atoms with Crippen LogP contribution in [-0.2, 0) is 0 Å². The van der Waals surface area contributed by atoms with Gasteiger partial charge in [-0.15, -0.1) is 0 Å². The molecule has 1 fully saturated rings. The molecule has 0 saturated carbocycles. The Morgan fingerprint density at radius 3 is 2.83 bits per heavy atom. The number of hydrogen-bond acceptors (Lipinski definition) is 7. The summed E-state index contributed by atoms with van der Waals surface area (Å²) < 4.78 is 0. The lowest BCUT2D eigenvalue weighted by atomic mass is 10.2. The fourth-order valence-electron chi connectivity index (χ4n) is 2.11. The second kappa shape index (κ2) is 5.73. The molecule has 6 nitrogen and oxygen atoms in total. The van der Waals surface area contributed by atoms with Crippen LogP contribution in [0.15, 0.2) is 11.2 Å². The van der Waals surface area contributed by atoms with E-state index in [-0.39, 0.29) is 0 Å². The molecule has 1 aliphatic heterocycles. The van der Waals surface area contributed by atoms with Gasteiger partial charge in [-0.25, -0.2) is 15.8 Å². The van der Waals surface area contributed by atoms with Crippen molar-refractivity contribution in [1.29, 1.82) is 0 Å². The van der Waals surface area contributed by atoms with Gasteiger partial charge in [-0.2, -0.15) is 0 Å². The van der Waals surface area contributed by atoms with Crippen LogP contribution in [0.4, 0.5) is 11.6 Å². The lowest BCUT2D eigenvalue weighted by molar-refractivity contribution is 0.315. The zero-order valence-electron chi connectivity index (χ0n) is 11.1. The third-order valence-corrected chi connectivity index (χ3v) is 3.79. The van der Waals surface area contributed by atoms with Crippen molar-refractivity contribution in [3.8, 4) is 0 Å². The molecule has 2 heterocycles. The maximum atomic E-state index is 5.44. The van der Waals surface area contributed by atoms with Crippen molar-refractivity contribution in [2.45, 2.75) is 17.6 Å². The number of nitrogen functional groups attached to an aromatic ring is 1. The quantitative estimate of drug-likeness (QED) is 0.359. The maximum absolute atomic E-state index is 5.44. The van der Waals surface area contributed by atoms with E-state index < -0.39 is 0 Å². The Morgan fingerprint density at radius 1 is 1.50 bits per heavy atom. The number of likely N-dealkylation sites (N-methyl/N-ethyl adjacent to an activating group) is 1. The Balaban J connectivity index is 2.18. The van der Waals surface area contributed by atoms with Crippen molar-refractivity contribution in [2.24, 2.45) is 5.84 Å². The number of nitrogens with zero attached hydrogens (tertiary/aromatic N) is 4. The minimum atomic E-state index is 0.590. The molecule has 0 spiro atoms. The van der Waals surface area contributed by atoms with Gasteiger partial charge in [0.05, 0.1) is 0 Å².